The van der Waals surface area contributed by atoms with Gasteiger partial charge < -0.3 is 5.73 Å². The summed E-state index contributed by atoms with van der Waals surface area (Å²) in [6.07, 6.45) is 6.62. The molecule has 2 aromatic heterocycles. The number of nitrogens with two attached hydrogens (primary N) is 1. The highest BCUT2D eigenvalue weighted by Crippen LogP contribution is 2.04. The Hall–Kier alpha value is -1.94. The van der Waals surface area contributed by atoms with Crippen LogP contribution in [0.25, 0.3) is 0 Å². The molecule has 2 aromatic rings. The van der Waals surface area contributed by atoms with Crippen LogP contribution >= 0.6 is 0 Å². The number of carbonyl (C=O) groups excluding carboxylic acids is 1. The van der Waals surface area contributed by atoms with E-state index in [9.17, 15) is 4.79 Å². The van der Waals surface area contributed by atoms with E-state index in [2.05, 4.69) is 4.98 Å². The minimum atomic E-state index is -0.0946. The van der Waals surface area contributed by atoms with Crippen molar-refractivity contribution in [1.29, 1.82) is 0 Å². The van der Waals surface area contributed by atoms with Crippen LogP contribution in [0.1, 0.15) is 15.9 Å². The van der Waals surface area contributed by atoms with Gasteiger partial charge in [-0.3, -0.25) is 14.3 Å². The van der Waals surface area contributed by atoms with Crippen molar-refractivity contribution in [2.45, 2.75) is 6.54 Å². The van der Waals surface area contributed by atoms with Crippen LogP contribution in [0.3, 0.4) is 0 Å². The second-order valence-electron chi connectivity index (χ2n) is 3.18. The fraction of sp³-hybridized carbons (Fsp3) is 0.0909. The molecule has 0 bridgehead atoms. The molecule has 0 saturated carbocycles. The summed E-state index contributed by atoms with van der Waals surface area (Å²) in [5.74, 6) is -0.0946. The fourth-order valence-electron chi connectivity index (χ4n) is 1.33. The molecule has 0 atom stereocenters. The van der Waals surface area contributed by atoms with Gasteiger partial charge in [0.15, 0.2) is 0 Å². The van der Waals surface area contributed by atoms with Crippen molar-refractivity contribution in [2.24, 2.45) is 5.73 Å². The van der Waals surface area contributed by atoms with Gasteiger partial charge in [0.25, 0.3) is 5.91 Å². The number of carbonyl (C=O) groups is 1. The molecule has 2 rings (SSSR count). The van der Waals surface area contributed by atoms with E-state index >= 15 is 0 Å². The van der Waals surface area contributed by atoms with E-state index in [1.807, 2.05) is 6.07 Å². The Bertz CT molecular complexity index is 462. The van der Waals surface area contributed by atoms with Crippen LogP contribution in [-0.4, -0.2) is 15.5 Å². The summed E-state index contributed by atoms with van der Waals surface area (Å²) in [6, 6.07) is 5.30. The van der Waals surface area contributed by atoms with Crippen LogP contribution in [0.5, 0.6) is 0 Å². The first-order valence-corrected chi connectivity index (χ1v) is 4.63. The fourth-order valence-corrected chi connectivity index (χ4v) is 1.33. The van der Waals surface area contributed by atoms with Gasteiger partial charge in [-0.25, -0.2) is 0 Å². The highest BCUT2D eigenvalue weighted by atomic mass is 16.2. The number of pyridine rings is 1. The molecule has 0 aliphatic rings. The molecule has 0 spiro atoms. The zero-order chi connectivity index (χ0) is 10.7. The van der Waals surface area contributed by atoms with Gasteiger partial charge in [0.2, 0.25) is 0 Å². The van der Waals surface area contributed by atoms with Crippen molar-refractivity contribution in [3.63, 3.8) is 0 Å². The zero-order valence-electron chi connectivity index (χ0n) is 8.13. The Kier molecular flexibility index (Phi) is 2.60. The third kappa shape index (κ3) is 1.94. The van der Waals surface area contributed by atoms with Gasteiger partial charge in [0.1, 0.15) is 0 Å². The summed E-state index contributed by atoms with van der Waals surface area (Å²) in [6.45, 7) is 0.438. The molecule has 4 heteroatoms. The van der Waals surface area contributed by atoms with Crippen molar-refractivity contribution in [3.8, 4) is 0 Å². The van der Waals surface area contributed by atoms with Crippen LogP contribution in [0, 0.1) is 0 Å². The first-order chi connectivity index (χ1) is 7.31. The average Bonchev–Trinajstić information content (AvgIpc) is 2.78. The highest BCUT2D eigenvalue weighted by molar-refractivity contribution is 5.95. The van der Waals surface area contributed by atoms with Gasteiger partial charge in [0.05, 0.1) is 5.56 Å². The summed E-state index contributed by atoms with van der Waals surface area (Å²) in [4.78, 5) is 15.8. The maximum absolute atomic E-state index is 11.9. The maximum atomic E-state index is 11.9. The monoisotopic (exact) mass is 201 g/mol. The van der Waals surface area contributed by atoms with E-state index in [-0.39, 0.29) is 5.91 Å². The molecule has 76 valence electrons. The molecular formula is C11H11N3O. The van der Waals surface area contributed by atoms with E-state index in [1.165, 1.54) is 4.57 Å². The van der Waals surface area contributed by atoms with Crippen LogP contribution in [0.15, 0.2) is 43.0 Å². The lowest BCUT2D eigenvalue weighted by atomic mass is 10.3. The quantitative estimate of drug-likeness (QED) is 0.789. The second kappa shape index (κ2) is 4.06. The average molecular weight is 201 g/mol. The second-order valence-corrected chi connectivity index (χ2v) is 3.18. The minimum absolute atomic E-state index is 0.0946. The molecule has 15 heavy (non-hydrogen) atoms. The molecular weight excluding hydrogens is 190 g/mol. The normalized spacial score (nSPS) is 10.2. The Morgan fingerprint density at radius 1 is 1.47 bits per heavy atom. The van der Waals surface area contributed by atoms with E-state index in [4.69, 9.17) is 5.73 Å². The Morgan fingerprint density at radius 3 is 2.93 bits per heavy atom. The van der Waals surface area contributed by atoms with Gasteiger partial charge in [0, 0.05) is 31.3 Å². The molecule has 0 aliphatic carbocycles. The van der Waals surface area contributed by atoms with Crippen molar-refractivity contribution < 1.29 is 4.79 Å². The SMILES string of the molecule is NCc1ccn(C(=O)c2cccnc2)c1. The predicted octanol–water partition coefficient (Wildman–Crippen LogP) is 1.03. The molecule has 0 saturated heterocycles. The topological polar surface area (TPSA) is 60.9 Å². The third-order valence-corrected chi connectivity index (χ3v) is 2.13. The molecule has 0 aromatic carbocycles. The lowest BCUT2D eigenvalue weighted by molar-refractivity contribution is 0.0960. The van der Waals surface area contributed by atoms with Crippen molar-refractivity contribution in [1.82, 2.24) is 9.55 Å². The Labute approximate surface area is 87.4 Å². The number of rotatable bonds is 2. The van der Waals surface area contributed by atoms with Gasteiger partial charge >= 0.3 is 0 Å². The van der Waals surface area contributed by atoms with Crippen LogP contribution in [0.2, 0.25) is 0 Å². The molecule has 2 heterocycles. The van der Waals surface area contributed by atoms with E-state index < -0.39 is 0 Å². The Morgan fingerprint density at radius 2 is 2.33 bits per heavy atom. The number of hydrogen-bond acceptors (Lipinski definition) is 3. The molecule has 2 N–H and O–H groups in total. The summed E-state index contributed by atoms with van der Waals surface area (Å²) in [7, 11) is 0. The molecule has 4 nitrogen and oxygen atoms in total. The van der Waals surface area contributed by atoms with Crippen molar-refractivity contribution >= 4 is 5.91 Å². The largest absolute Gasteiger partial charge is 0.326 e. The van der Waals surface area contributed by atoms with Crippen LogP contribution in [-0.2, 0) is 6.54 Å². The molecule has 0 amide bonds. The summed E-state index contributed by atoms with van der Waals surface area (Å²) in [5.41, 5.74) is 6.97. The van der Waals surface area contributed by atoms with Crippen LogP contribution < -0.4 is 5.73 Å². The zero-order valence-corrected chi connectivity index (χ0v) is 8.13. The minimum Gasteiger partial charge on any atom is -0.326 e. The number of nitrogens with zero attached hydrogens (tertiary/aromatic N) is 2. The standard InChI is InChI=1S/C11H11N3O/c12-6-9-3-5-14(8-9)11(15)10-2-1-4-13-7-10/h1-5,7-8H,6,12H2. The van der Waals surface area contributed by atoms with Gasteiger partial charge in [-0.05, 0) is 23.8 Å². The smallest absolute Gasteiger partial charge is 0.263 e. The van der Waals surface area contributed by atoms with Crippen LogP contribution in [0.4, 0.5) is 0 Å². The lowest BCUT2D eigenvalue weighted by Crippen LogP contribution is -2.09. The van der Waals surface area contributed by atoms with Crippen molar-refractivity contribution in [2.75, 3.05) is 0 Å². The molecule has 0 unspecified atom stereocenters. The molecule has 0 radical (unpaired) electrons. The summed E-state index contributed by atoms with van der Waals surface area (Å²) >= 11 is 0. The number of aromatic nitrogens is 2. The van der Waals surface area contributed by atoms with E-state index in [0.717, 1.165) is 5.56 Å². The van der Waals surface area contributed by atoms with E-state index in [1.54, 1.807) is 36.9 Å². The summed E-state index contributed by atoms with van der Waals surface area (Å²) < 4.78 is 1.51. The molecule has 0 aliphatic heterocycles. The lowest BCUT2D eigenvalue weighted by Gasteiger charge is -2.00. The third-order valence-electron chi connectivity index (χ3n) is 2.13. The summed E-state index contributed by atoms with van der Waals surface area (Å²) in [5, 5.41) is 0. The van der Waals surface area contributed by atoms with Gasteiger partial charge in [-0.1, -0.05) is 0 Å². The predicted molar refractivity (Wildman–Crippen MR) is 56.3 cm³/mol. The van der Waals surface area contributed by atoms with E-state index in [0.29, 0.717) is 12.1 Å². The Balaban J connectivity index is 2.29. The van der Waals surface area contributed by atoms with Gasteiger partial charge in [-0.15, -0.1) is 0 Å². The highest BCUT2D eigenvalue weighted by Gasteiger charge is 2.07. The maximum Gasteiger partial charge on any atom is 0.263 e. The molecule has 0 fully saturated rings. The first-order valence-electron chi connectivity index (χ1n) is 4.63. The van der Waals surface area contributed by atoms with Gasteiger partial charge in [-0.2, -0.15) is 0 Å². The number of hydrogen-bond donors (Lipinski definition) is 1. The van der Waals surface area contributed by atoms with Crippen molar-refractivity contribution in [3.05, 3.63) is 54.1 Å². The first kappa shape index (κ1) is 9.61.